The van der Waals surface area contributed by atoms with Crippen LogP contribution in [-0.4, -0.2) is 4.98 Å². The fraction of sp³-hybridized carbons (Fsp3) is 0.100. The summed E-state index contributed by atoms with van der Waals surface area (Å²) in [5.41, 5.74) is 5.23. The third-order valence-electron chi connectivity index (χ3n) is 4.12. The highest BCUT2D eigenvalue weighted by Crippen LogP contribution is 2.38. The van der Waals surface area contributed by atoms with Crippen molar-refractivity contribution in [1.29, 1.82) is 5.26 Å². The topological polar surface area (TPSA) is 36.7 Å². The number of hydrogen-bond acceptors (Lipinski definition) is 3. The number of rotatable bonds is 2. The number of nitriles is 1. The highest BCUT2D eigenvalue weighted by Gasteiger charge is 2.21. The fourth-order valence-electron chi connectivity index (χ4n) is 2.93. The van der Waals surface area contributed by atoms with Gasteiger partial charge in [-0.1, -0.05) is 52.3 Å². The monoisotopic (exact) mass is 392 g/mol. The number of aryl methyl sites for hydroxylation is 2. The van der Waals surface area contributed by atoms with Crippen LogP contribution in [0.25, 0.3) is 22.9 Å². The van der Waals surface area contributed by atoms with E-state index in [9.17, 15) is 5.26 Å². The van der Waals surface area contributed by atoms with Gasteiger partial charge in [-0.3, -0.25) is 0 Å². The molecular weight excluding hydrogens is 380 g/mol. The van der Waals surface area contributed by atoms with Crippen molar-refractivity contribution in [3.63, 3.8) is 0 Å². The lowest BCUT2D eigenvalue weighted by Crippen LogP contribution is -2.01. The summed E-state index contributed by atoms with van der Waals surface area (Å²) in [6, 6.07) is 18.7. The van der Waals surface area contributed by atoms with E-state index in [1.165, 1.54) is 16.0 Å². The van der Waals surface area contributed by atoms with Crippen LogP contribution in [0.15, 0.2) is 53.0 Å². The van der Waals surface area contributed by atoms with Gasteiger partial charge in [0.05, 0.1) is 11.3 Å². The molecular formula is C20H13BrN2S. The predicted octanol–water partition coefficient (Wildman–Crippen LogP) is 5.74. The first kappa shape index (κ1) is 15.3. The molecule has 24 heavy (non-hydrogen) atoms. The van der Waals surface area contributed by atoms with E-state index in [0.29, 0.717) is 5.57 Å². The number of halogens is 1. The summed E-state index contributed by atoms with van der Waals surface area (Å²) in [6.07, 6.45) is 3.95. The molecule has 1 aromatic heterocycles. The van der Waals surface area contributed by atoms with Gasteiger partial charge < -0.3 is 0 Å². The zero-order valence-corrected chi connectivity index (χ0v) is 15.2. The van der Waals surface area contributed by atoms with Crippen LogP contribution < -0.4 is 0 Å². The Kier molecular flexibility index (Phi) is 4.05. The Balaban J connectivity index is 1.77. The van der Waals surface area contributed by atoms with Gasteiger partial charge in [0.15, 0.2) is 0 Å². The van der Waals surface area contributed by atoms with Gasteiger partial charge in [0, 0.05) is 14.9 Å². The molecule has 0 unspecified atom stereocenters. The van der Waals surface area contributed by atoms with Gasteiger partial charge in [-0.15, -0.1) is 11.3 Å². The SMILES string of the molecule is N#C/C(=C\c1ccc(Br)cc1)c1nc2c(s1)CCc1ccccc1-2. The van der Waals surface area contributed by atoms with Crippen molar-refractivity contribution in [3.8, 4) is 17.3 Å². The van der Waals surface area contributed by atoms with Crippen molar-refractivity contribution >= 4 is 38.9 Å². The predicted molar refractivity (Wildman–Crippen MR) is 103 cm³/mol. The first-order valence-electron chi connectivity index (χ1n) is 7.70. The molecule has 1 aliphatic rings. The van der Waals surface area contributed by atoms with E-state index in [1.807, 2.05) is 30.3 Å². The van der Waals surface area contributed by atoms with Crippen LogP contribution in [0.5, 0.6) is 0 Å². The molecule has 0 saturated carbocycles. The summed E-state index contributed by atoms with van der Waals surface area (Å²) < 4.78 is 1.03. The molecule has 0 bridgehead atoms. The van der Waals surface area contributed by atoms with Gasteiger partial charge >= 0.3 is 0 Å². The Morgan fingerprint density at radius 1 is 1.12 bits per heavy atom. The maximum absolute atomic E-state index is 9.59. The second-order valence-corrected chi connectivity index (χ2v) is 7.67. The third kappa shape index (κ3) is 2.82. The van der Waals surface area contributed by atoms with Gasteiger partial charge in [-0.2, -0.15) is 5.26 Å². The number of fused-ring (bicyclic) bond motifs is 3. The lowest BCUT2D eigenvalue weighted by atomic mass is 9.94. The van der Waals surface area contributed by atoms with Crippen molar-refractivity contribution in [2.75, 3.05) is 0 Å². The molecule has 1 heterocycles. The van der Waals surface area contributed by atoms with Crippen LogP contribution in [0, 0.1) is 11.3 Å². The second kappa shape index (κ2) is 6.35. The molecule has 0 fully saturated rings. The van der Waals surface area contributed by atoms with E-state index < -0.39 is 0 Å². The van der Waals surface area contributed by atoms with E-state index >= 15 is 0 Å². The molecule has 0 N–H and O–H groups in total. The van der Waals surface area contributed by atoms with Crippen LogP contribution in [0.4, 0.5) is 0 Å². The van der Waals surface area contributed by atoms with Gasteiger partial charge in [-0.05, 0) is 42.2 Å². The van der Waals surface area contributed by atoms with E-state index in [-0.39, 0.29) is 0 Å². The van der Waals surface area contributed by atoms with Crippen molar-refractivity contribution in [3.05, 3.63) is 74.0 Å². The minimum atomic E-state index is 0.620. The lowest BCUT2D eigenvalue weighted by molar-refractivity contribution is 0.955. The van der Waals surface area contributed by atoms with Crippen LogP contribution in [0.2, 0.25) is 0 Å². The van der Waals surface area contributed by atoms with Gasteiger partial charge in [0.25, 0.3) is 0 Å². The Morgan fingerprint density at radius 2 is 1.92 bits per heavy atom. The number of thiazole rings is 1. The molecule has 0 atom stereocenters. The first-order chi connectivity index (χ1) is 11.7. The summed E-state index contributed by atoms with van der Waals surface area (Å²) >= 11 is 5.07. The van der Waals surface area contributed by atoms with Crippen LogP contribution in [0.3, 0.4) is 0 Å². The van der Waals surface area contributed by atoms with Crippen molar-refractivity contribution < 1.29 is 0 Å². The second-order valence-electron chi connectivity index (χ2n) is 5.67. The maximum Gasteiger partial charge on any atom is 0.134 e. The van der Waals surface area contributed by atoms with Gasteiger partial charge in [0.2, 0.25) is 0 Å². The zero-order chi connectivity index (χ0) is 16.5. The molecule has 116 valence electrons. The summed E-state index contributed by atoms with van der Waals surface area (Å²) in [5.74, 6) is 0. The molecule has 0 aliphatic heterocycles. The summed E-state index contributed by atoms with van der Waals surface area (Å²) in [4.78, 5) is 6.07. The number of hydrogen-bond donors (Lipinski definition) is 0. The number of benzene rings is 2. The van der Waals surface area contributed by atoms with E-state index in [1.54, 1.807) is 11.3 Å². The maximum atomic E-state index is 9.59. The molecule has 4 rings (SSSR count). The van der Waals surface area contributed by atoms with E-state index in [4.69, 9.17) is 4.98 Å². The molecule has 0 saturated heterocycles. The van der Waals surface area contributed by atoms with Crippen LogP contribution >= 0.6 is 27.3 Å². The number of allylic oxidation sites excluding steroid dienone is 1. The Bertz CT molecular complexity index is 978. The average Bonchev–Trinajstić information content (AvgIpc) is 3.06. The Labute approximate surface area is 153 Å². The Hall–Kier alpha value is -2.22. The van der Waals surface area contributed by atoms with Crippen molar-refractivity contribution in [2.45, 2.75) is 12.8 Å². The average molecular weight is 393 g/mol. The highest BCUT2D eigenvalue weighted by molar-refractivity contribution is 9.10. The highest BCUT2D eigenvalue weighted by atomic mass is 79.9. The van der Waals surface area contributed by atoms with Crippen molar-refractivity contribution in [2.24, 2.45) is 0 Å². The quantitative estimate of drug-likeness (QED) is 0.521. The Morgan fingerprint density at radius 3 is 2.71 bits per heavy atom. The number of nitrogens with zero attached hydrogens (tertiary/aromatic N) is 2. The standard InChI is InChI=1S/C20H13BrN2S/c21-16-8-5-13(6-9-16)11-15(12-22)20-23-19-17-4-2-1-3-14(17)7-10-18(19)24-20/h1-6,8-9,11H,7,10H2/b15-11+. The molecule has 2 aromatic carbocycles. The normalized spacial score (nSPS) is 13.1. The molecule has 4 heteroatoms. The minimum absolute atomic E-state index is 0.620. The smallest absolute Gasteiger partial charge is 0.134 e. The van der Waals surface area contributed by atoms with Gasteiger partial charge in [-0.25, -0.2) is 4.98 Å². The van der Waals surface area contributed by atoms with E-state index in [0.717, 1.165) is 33.6 Å². The molecule has 0 spiro atoms. The van der Waals surface area contributed by atoms with Crippen LogP contribution in [0.1, 0.15) is 21.0 Å². The molecule has 1 aliphatic carbocycles. The number of aromatic nitrogens is 1. The summed E-state index contributed by atoms with van der Waals surface area (Å²) in [7, 11) is 0. The van der Waals surface area contributed by atoms with Crippen LogP contribution in [-0.2, 0) is 12.8 Å². The van der Waals surface area contributed by atoms with E-state index in [2.05, 4.69) is 46.3 Å². The van der Waals surface area contributed by atoms with Crippen molar-refractivity contribution in [1.82, 2.24) is 4.98 Å². The first-order valence-corrected chi connectivity index (χ1v) is 9.31. The third-order valence-corrected chi connectivity index (χ3v) is 5.80. The lowest BCUT2D eigenvalue weighted by Gasteiger charge is -2.13. The molecule has 0 amide bonds. The molecule has 2 nitrogen and oxygen atoms in total. The summed E-state index contributed by atoms with van der Waals surface area (Å²) in [5, 5.41) is 10.4. The zero-order valence-electron chi connectivity index (χ0n) is 12.8. The molecule has 3 aromatic rings. The summed E-state index contributed by atoms with van der Waals surface area (Å²) in [6.45, 7) is 0. The fourth-order valence-corrected chi connectivity index (χ4v) is 4.24. The largest absolute Gasteiger partial charge is 0.235 e. The molecule has 0 radical (unpaired) electrons. The van der Waals surface area contributed by atoms with Gasteiger partial charge in [0.1, 0.15) is 11.1 Å². The minimum Gasteiger partial charge on any atom is -0.235 e.